The second-order valence-electron chi connectivity index (χ2n) is 7.57. The third-order valence-corrected chi connectivity index (χ3v) is 4.94. The third-order valence-electron chi connectivity index (χ3n) is 4.94. The van der Waals surface area contributed by atoms with E-state index in [-0.39, 0.29) is 28.8 Å². The zero-order valence-electron chi connectivity index (χ0n) is 18.6. The van der Waals surface area contributed by atoms with Gasteiger partial charge in [0.1, 0.15) is 17.4 Å². The topological polar surface area (TPSA) is 115 Å². The van der Waals surface area contributed by atoms with E-state index in [1.165, 1.54) is 31.5 Å². The van der Waals surface area contributed by atoms with E-state index in [9.17, 15) is 22.4 Å². The molecule has 0 saturated heterocycles. The summed E-state index contributed by atoms with van der Waals surface area (Å²) in [5, 5.41) is 4.93. The molecule has 0 spiro atoms. The predicted molar refractivity (Wildman–Crippen MR) is 125 cm³/mol. The van der Waals surface area contributed by atoms with Crippen molar-refractivity contribution in [1.29, 1.82) is 0 Å². The molecule has 184 valence electrons. The number of ether oxygens (including phenoxy) is 1. The second kappa shape index (κ2) is 9.86. The minimum absolute atomic E-state index is 0.000918. The molecule has 0 aliphatic carbocycles. The summed E-state index contributed by atoms with van der Waals surface area (Å²) in [6, 6.07) is 10.5. The van der Waals surface area contributed by atoms with Crippen LogP contribution < -0.4 is 21.1 Å². The van der Waals surface area contributed by atoms with E-state index in [2.05, 4.69) is 25.6 Å². The van der Waals surface area contributed by atoms with Crippen molar-refractivity contribution in [1.82, 2.24) is 15.0 Å². The molecule has 2 heterocycles. The van der Waals surface area contributed by atoms with Gasteiger partial charge in [0, 0.05) is 11.3 Å². The molecule has 4 aromatic rings. The lowest BCUT2D eigenvalue weighted by molar-refractivity contribution is -0.138. The number of nitrogen functional groups attached to an aromatic ring is 1. The van der Waals surface area contributed by atoms with Gasteiger partial charge in [0.25, 0.3) is 0 Å². The summed E-state index contributed by atoms with van der Waals surface area (Å²) < 4.78 is 57.7. The van der Waals surface area contributed by atoms with E-state index in [0.717, 1.165) is 18.3 Å². The molecule has 4 rings (SSSR count). The average Bonchev–Trinajstić information content (AvgIpc) is 2.82. The van der Waals surface area contributed by atoms with Gasteiger partial charge in [0.05, 0.1) is 29.8 Å². The molecule has 0 bridgehead atoms. The maximum atomic E-state index is 13.5. The van der Waals surface area contributed by atoms with Crippen molar-refractivity contribution >= 4 is 23.2 Å². The van der Waals surface area contributed by atoms with Crippen LogP contribution in [0.2, 0.25) is 0 Å². The molecular weight excluding hydrogens is 480 g/mol. The molecule has 0 saturated carbocycles. The van der Waals surface area contributed by atoms with Crippen molar-refractivity contribution in [2.75, 3.05) is 16.4 Å². The van der Waals surface area contributed by atoms with Crippen LogP contribution in [0.25, 0.3) is 11.1 Å². The lowest BCUT2D eigenvalue weighted by Gasteiger charge is -2.12. The molecule has 2 amide bonds. The smallest absolute Gasteiger partial charge is 0.416 e. The molecule has 0 fully saturated rings. The molecule has 2 aromatic heterocycles. The lowest BCUT2D eigenvalue weighted by atomic mass is 10.1. The summed E-state index contributed by atoms with van der Waals surface area (Å²) in [5.41, 5.74) is 6.51. The van der Waals surface area contributed by atoms with Gasteiger partial charge in [0.15, 0.2) is 0 Å². The number of anilines is 3. The number of hydrogen-bond donors (Lipinski definition) is 3. The molecule has 0 radical (unpaired) electrons. The number of nitrogens with zero attached hydrogens (tertiary/aromatic N) is 3. The fraction of sp³-hybridized carbons (Fsp3) is 0.0833. The van der Waals surface area contributed by atoms with Crippen molar-refractivity contribution < 1.29 is 27.1 Å². The predicted octanol–water partition coefficient (Wildman–Crippen LogP) is 6.02. The average molecular weight is 498 g/mol. The number of carbonyl (C=O) groups excluding carboxylic acids is 1. The summed E-state index contributed by atoms with van der Waals surface area (Å²) in [7, 11) is 0. The molecular formula is C24H18F4N6O2. The Hall–Kier alpha value is -4.74. The van der Waals surface area contributed by atoms with Crippen LogP contribution in [-0.2, 0) is 6.18 Å². The molecule has 0 atom stereocenters. The molecule has 4 N–H and O–H groups in total. The number of hydrogen-bond acceptors (Lipinski definition) is 6. The highest BCUT2D eigenvalue weighted by atomic mass is 19.4. The van der Waals surface area contributed by atoms with Gasteiger partial charge < -0.3 is 21.1 Å². The highest BCUT2D eigenvalue weighted by molar-refractivity contribution is 5.99. The second-order valence-corrected chi connectivity index (χ2v) is 7.57. The Morgan fingerprint density at radius 1 is 0.917 bits per heavy atom. The third kappa shape index (κ3) is 5.84. The Bertz CT molecular complexity index is 1390. The summed E-state index contributed by atoms with van der Waals surface area (Å²) in [5.74, 6) is 0.0802. The molecule has 36 heavy (non-hydrogen) atoms. The number of benzene rings is 2. The number of amides is 2. The minimum atomic E-state index is -4.47. The maximum absolute atomic E-state index is 13.5. The van der Waals surface area contributed by atoms with Crippen molar-refractivity contribution in [2.24, 2.45) is 0 Å². The Morgan fingerprint density at radius 3 is 2.22 bits per heavy atom. The van der Waals surface area contributed by atoms with Crippen LogP contribution in [0.4, 0.5) is 39.5 Å². The number of urea groups is 1. The van der Waals surface area contributed by atoms with Gasteiger partial charge >= 0.3 is 18.2 Å². The Balaban J connectivity index is 1.35. The molecule has 0 unspecified atom stereocenters. The molecule has 8 nitrogen and oxygen atoms in total. The van der Waals surface area contributed by atoms with E-state index in [0.29, 0.717) is 16.9 Å². The monoisotopic (exact) mass is 498 g/mol. The number of alkyl halides is 3. The minimum Gasteiger partial charge on any atom is -0.424 e. The number of rotatable bonds is 5. The molecule has 0 aliphatic heterocycles. The van der Waals surface area contributed by atoms with Gasteiger partial charge in [-0.05, 0) is 54.4 Å². The van der Waals surface area contributed by atoms with Gasteiger partial charge in [-0.1, -0.05) is 12.1 Å². The van der Waals surface area contributed by atoms with Crippen LogP contribution in [0.15, 0.2) is 67.1 Å². The van der Waals surface area contributed by atoms with Crippen LogP contribution in [0.1, 0.15) is 11.1 Å². The van der Waals surface area contributed by atoms with E-state index >= 15 is 0 Å². The first kappa shape index (κ1) is 24.4. The highest BCUT2D eigenvalue weighted by Gasteiger charge is 2.32. The highest BCUT2D eigenvalue weighted by Crippen LogP contribution is 2.33. The maximum Gasteiger partial charge on any atom is 0.416 e. The van der Waals surface area contributed by atoms with E-state index < -0.39 is 23.6 Å². The number of halogens is 4. The number of aromatic nitrogens is 3. The van der Waals surface area contributed by atoms with Crippen LogP contribution in [-0.4, -0.2) is 21.0 Å². The van der Waals surface area contributed by atoms with Crippen molar-refractivity contribution in [3.8, 4) is 22.9 Å². The summed E-state index contributed by atoms with van der Waals surface area (Å²) in [6.07, 6.45) is -0.840. The van der Waals surface area contributed by atoms with Crippen LogP contribution >= 0.6 is 0 Å². The Morgan fingerprint density at radius 2 is 1.58 bits per heavy atom. The van der Waals surface area contributed by atoms with E-state index in [1.54, 1.807) is 24.3 Å². The number of nitrogens with two attached hydrogens (primary N) is 1. The summed E-state index contributed by atoms with van der Waals surface area (Å²) >= 11 is 0. The zero-order valence-corrected chi connectivity index (χ0v) is 18.6. The first-order chi connectivity index (χ1) is 17.1. The lowest BCUT2D eigenvalue weighted by Crippen LogP contribution is -2.20. The number of carbonyl (C=O) groups is 1. The largest absolute Gasteiger partial charge is 0.424 e. The fourth-order valence-corrected chi connectivity index (χ4v) is 3.28. The Labute approximate surface area is 202 Å². The van der Waals surface area contributed by atoms with E-state index in [1.807, 2.05) is 0 Å². The van der Waals surface area contributed by atoms with Crippen molar-refractivity contribution in [3.05, 3.63) is 84.1 Å². The Kier molecular flexibility index (Phi) is 6.68. The number of aryl methyl sites for hydroxylation is 1. The summed E-state index contributed by atoms with van der Waals surface area (Å²) in [6.45, 7) is 1.31. The van der Waals surface area contributed by atoms with Gasteiger partial charge in [-0.25, -0.2) is 24.1 Å². The quantitative estimate of drug-likeness (QED) is 0.290. The fourth-order valence-electron chi connectivity index (χ4n) is 3.28. The first-order valence-corrected chi connectivity index (χ1v) is 10.4. The number of pyridine rings is 1. The molecule has 0 aliphatic rings. The summed E-state index contributed by atoms with van der Waals surface area (Å²) in [4.78, 5) is 24.0. The van der Waals surface area contributed by atoms with Crippen molar-refractivity contribution in [2.45, 2.75) is 13.1 Å². The van der Waals surface area contributed by atoms with Crippen molar-refractivity contribution in [3.63, 3.8) is 0 Å². The van der Waals surface area contributed by atoms with Crippen LogP contribution in [0.5, 0.6) is 11.8 Å². The van der Waals surface area contributed by atoms with Gasteiger partial charge in [0.2, 0.25) is 0 Å². The van der Waals surface area contributed by atoms with Gasteiger partial charge in [-0.3, -0.25) is 0 Å². The molecule has 2 aromatic carbocycles. The normalized spacial score (nSPS) is 11.1. The SMILES string of the molecule is Cc1cc(NC(=O)Nc2cnc(Oc3ccc(-c4cc(F)cnc4N)cc3)nc2)ccc1C(F)(F)F. The molecule has 12 heteroatoms. The first-order valence-electron chi connectivity index (χ1n) is 10.4. The van der Waals surface area contributed by atoms with Gasteiger partial charge in [-0.15, -0.1) is 0 Å². The van der Waals surface area contributed by atoms with Crippen LogP contribution in [0.3, 0.4) is 0 Å². The van der Waals surface area contributed by atoms with Gasteiger partial charge in [-0.2, -0.15) is 13.2 Å². The standard InChI is InChI=1S/C24H18F4N6O2/c1-13-8-16(4-7-20(13)24(26,27)28)33-22(35)34-17-11-31-23(32-12-17)36-18-5-2-14(3-6-18)19-9-15(25)10-30-21(19)29/h2-12H,1H3,(H2,29,30)(H2,33,34,35). The van der Waals surface area contributed by atoms with Crippen LogP contribution in [0, 0.1) is 12.7 Å². The van der Waals surface area contributed by atoms with E-state index in [4.69, 9.17) is 10.5 Å². The zero-order chi connectivity index (χ0) is 25.9. The number of nitrogens with one attached hydrogen (secondary N) is 2.